The molecule has 1 aliphatic heterocycles. The van der Waals surface area contributed by atoms with Gasteiger partial charge in [-0.15, -0.1) is 0 Å². The van der Waals surface area contributed by atoms with Gasteiger partial charge in [0.1, 0.15) is 0 Å². The summed E-state index contributed by atoms with van der Waals surface area (Å²) < 4.78 is 77.9. The van der Waals surface area contributed by atoms with E-state index in [1.807, 2.05) is 0 Å². The fourth-order valence-corrected chi connectivity index (χ4v) is 2.34. The Kier molecular flexibility index (Phi) is 4.16. The van der Waals surface area contributed by atoms with Gasteiger partial charge in [-0.25, -0.2) is 0 Å². The minimum atomic E-state index is -5.22. The van der Waals surface area contributed by atoms with Crippen LogP contribution in [0.1, 0.15) is 34.8 Å². The molecule has 24 heavy (non-hydrogen) atoms. The first-order valence-electron chi connectivity index (χ1n) is 6.63. The van der Waals surface area contributed by atoms with Crippen molar-refractivity contribution >= 4 is 11.6 Å². The number of rotatable bonds is 1. The lowest BCUT2D eigenvalue weighted by Gasteiger charge is -2.32. The standard InChI is InChI=1S/C14H12F6N2O2/c1-7-3-4-9(5-10(7)13(15,16)17)11(23)22-12(24,14(18,19)20)6-8(2)21-22/h3-5,24H,6H2,1-2H3. The van der Waals surface area contributed by atoms with Gasteiger partial charge in [0.15, 0.2) is 0 Å². The lowest BCUT2D eigenvalue weighted by Crippen LogP contribution is -2.56. The molecule has 1 atom stereocenters. The van der Waals surface area contributed by atoms with Crippen molar-refractivity contribution in [3.05, 3.63) is 34.9 Å². The average Bonchev–Trinajstić information content (AvgIpc) is 2.73. The van der Waals surface area contributed by atoms with E-state index in [2.05, 4.69) is 5.10 Å². The van der Waals surface area contributed by atoms with Gasteiger partial charge in [-0.05, 0) is 31.5 Å². The number of nitrogens with zero attached hydrogens (tertiary/aromatic N) is 2. The Hall–Kier alpha value is -2.10. The molecular weight excluding hydrogens is 342 g/mol. The number of hydrogen-bond acceptors (Lipinski definition) is 3. The molecule has 132 valence electrons. The topological polar surface area (TPSA) is 52.9 Å². The second-order valence-corrected chi connectivity index (χ2v) is 5.47. The molecule has 1 aliphatic rings. The number of carbonyl (C=O) groups is 1. The Morgan fingerprint density at radius 1 is 1.21 bits per heavy atom. The van der Waals surface area contributed by atoms with Crippen molar-refractivity contribution in [2.24, 2.45) is 5.10 Å². The van der Waals surface area contributed by atoms with E-state index in [0.717, 1.165) is 19.1 Å². The number of carbonyl (C=O) groups excluding carboxylic acids is 1. The number of aliphatic hydroxyl groups is 1. The molecule has 0 bridgehead atoms. The van der Waals surface area contributed by atoms with Crippen LogP contribution in [0.4, 0.5) is 26.3 Å². The normalized spacial score (nSPS) is 21.9. The number of halogens is 6. The van der Waals surface area contributed by atoms with Crippen LogP contribution in [0.2, 0.25) is 0 Å². The molecule has 0 saturated heterocycles. The van der Waals surface area contributed by atoms with E-state index in [4.69, 9.17) is 0 Å². The molecule has 1 unspecified atom stereocenters. The number of benzene rings is 1. The highest BCUT2D eigenvalue weighted by Gasteiger charge is 2.62. The molecule has 0 aliphatic carbocycles. The summed E-state index contributed by atoms with van der Waals surface area (Å²) in [6.07, 6.45) is -11.0. The van der Waals surface area contributed by atoms with Crippen LogP contribution < -0.4 is 0 Å². The van der Waals surface area contributed by atoms with E-state index in [9.17, 15) is 36.2 Å². The molecular formula is C14H12F6N2O2. The van der Waals surface area contributed by atoms with Crippen LogP contribution in [-0.4, -0.2) is 33.6 Å². The third-order valence-corrected chi connectivity index (χ3v) is 3.56. The molecule has 0 saturated carbocycles. The summed E-state index contributed by atoms with van der Waals surface area (Å²) in [6, 6.07) is 2.36. The predicted molar refractivity (Wildman–Crippen MR) is 71.1 cm³/mol. The van der Waals surface area contributed by atoms with Crippen LogP contribution in [0, 0.1) is 6.92 Å². The highest BCUT2D eigenvalue weighted by atomic mass is 19.4. The molecule has 4 nitrogen and oxygen atoms in total. The summed E-state index contributed by atoms with van der Waals surface area (Å²) in [4.78, 5) is 12.2. The lowest BCUT2D eigenvalue weighted by atomic mass is 10.0. The van der Waals surface area contributed by atoms with E-state index in [1.54, 1.807) is 0 Å². The van der Waals surface area contributed by atoms with Crippen LogP contribution in [0.5, 0.6) is 0 Å². The van der Waals surface area contributed by atoms with Gasteiger partial charge in [-0.2, -0.15) is 36.5 Å². The molecule has 0 spiro atoms. The fraction of sp³-hybridized carbons (Fsp3) is 0.429. The van der Waals surface area contributed by atoms with Gasteiger partial charge in [-0.3, -0.25) is 4.79 Å². The number of hydrazone groups is 1. The third kappa shape index (κ3) is 2.97. The van der Waals surface area contributed by atoms with Gasteiger partial charge in [-0.1, -0.05) is 6.07 Å². The number of hydrogen-bond donors (Lipinski definition) is 1. The predicted octanol–water partition coefficient (Wildman–Crippen LogP) is 3.49. The van der Waals surface area contributed by atoms with Crippen LogP contribution in [0.3, 0.4) is 0 Å². The van der Waals surface area contributed by atoms with Crippen LogP contribution in [-0.2, 0) is 6.18 Å². The second kappa shape index (κ2) is 5.47. The number of amides is 1. The zero-order valence-electron chi connectivity index (χ0n) is 12.5. The quantitative estimate of drug-likeness (QED) is 0.785. The Labute approximate surface area is 132 Å². The highest BCUT2D eigenvalue weighted by molar-refractivity contribution is 5.98. The van der Waals surface area contributed by atoms with Crippen LogP contribution >= 0.6 is 0 Å². The van der Waals surface area contributed by atoms with E-state index < -0.39 is 41.5 Å². The van der Waals surface area contributed by atoms with Crippen molar-refractivity contribution in [2.45, 2.75) is 38.3 Å². The smallest absolute Gasteiger partial charge is 0.362 e. The van der Waals surface area contributed by atoms with Gasteiger partial charge in [0.25, 0.3) is 11.6 Å². The Morgan fingerprint density at radius 3 is 2.29 bits per heavy atom. The molecule has 1 N–H and O–H groups in total. The molecule has 0 fully saturated rings. The summed E-state index contributed by atoms with van der Waals surface area (Å²) in [5.74, 6) is -1.47. The minimum absolute atomic E-state index is 0.175. The van der Waals surface area contributed by atoms with E-state index in [-0.39, 0.29) is 16.3 Å². The molecule has 1 heterocycles. The summed E-state index contributed by atoms with van der Waals surface area (Å²) in [5.41, 5.74) is -5.76. The maximum absolute atomic E-state index is 13.1. The van der Waals surface area contributed by atoms with Crippen LogP contribution in [0.25, 0.3) is 0 Å². The maximum Gasteiger partial charge on any atom is 0.438 e. The largest absolute Gasteiger partial charge is 0.438 e. The number of alkyl halides is 6. The van der Waals surface area contributed by atoms with E-state index in [1.165, 1.54) is 6.92 Å². The van der Waals surface area contributed by atoms with Crippen molar-refractivity contribution in [1.29, 1.82) is 0 Å². The van der Waals surface area contributed by atoms with E-state index in [0.29, 0.717) is 6.07 Å². The lowest BCUT2D eigenvalue weighted by molar-refractivity contribution is -0.297. The summed E-state index contributed by atoms with van der Waals surface area (Å²) in [5, 5.41) is 12.9. The molecule has 10 heteroatoms. The van der Waals surface area contributed by atoms with Crippen molar-refractivity contribution in [3.8, 4) is 0 Å². The monoisotopic (exact) mass is 354 g/mol. The fourth-order valence-electron chi connectivity index (χ4n) is 2.34. The number of aryl methyl sites for hydroxylation is 1. The summed E-state index contributed by atoms with van der Waals surface area (Å²) in [7, 11) is 0. The SMILES string of the molecule is CC1=NN(C(=O)c2ccc(C)c(C(F)(F)F)c2)C(O)(C(F)(F)F)C1. The van der Waals surface area contributed by atoms with Gasteiger partial charge in [0.05, 0.1) is 5.56 Å². The highest BCUT2D eigenvalue weighted by Crippen LogP contribution is 2.41. The van der Waals surface area contributed by atoms with Crippen LogP contribution in [0.15, 0.2) is 23.3 Å². The molecule has 0 aromatic heterocycles. The van der Waals surface area contributed by atoms with Crippen molar-refractivity contribution < 1.29 is 36.2 Å². The van der Waals surface area contributed by atoms with Crippen molar-refractivity contribution in [2.75, 3.05) is 0 Å². The minimum Gasteiger partial charge on any atom is -0.362 e. The molecule has 2 rings (SSSR count). The van der Waals surface area contributed by atoms with Gasteiger partial charge in [0, 0.05) is 17.7 Å². The average molecular weight is 354 g/mol. The molecule has 1 aromatic carbocycles. The van der Waals surface area contributed by atoms with Gasteiger partial charge >= 0.3 is 12.4 Å². The molecule has 1 amide bonds. The van der Waals surface area contributed by atoms with Gasteiger partial charge in [0.2, 0.25) is 0 Å². The van der Waals surface area contributed by atoms with Crippen molar-refractivity contribution in [3.63, 3.8) is 0 Å². The zero-order valence-corrected chi connectivity index (χ0v) is 12.5. The second-order valence-electron chi connectivity index (χ2n) is 5.47. The van der Waals surface area contributed by atoms with E-state index >= 15 is 0 Å². The Balaban J connectivity index is 2.49. The molecule has 0 radical (unpaired) electrons. The summed E-state index contributed by atoms with van der Waals surface area (Å²) >= 11 is 0. The van der Waals surface area contributed by atoms with Crippen molar-refractivity contribution in [1.82, 2.24) is 5.01 Å². The summed E-state index contributed by atoms with van der Waals surface area (Å²) in [6.45, 7) is 2.32. The maximum atomic E-state index is 13.1. The first kappa shape index (κ1) is 18.2. The first-order valence-corrected chi connectivity index (χ1v) is 6.63. The Morgan fingerprint density at radius 2 is 1.79 bits per heavy atom. The zero-order chi connectivity index (χ0) is 18.5. The Bertz CT molecular complexity index is 710. The molecule has 1 aromatic rings. The van der Waals surface area contributed by atoms with Gasteiger partial charge < -0.3 is 5.11 Å². The third-order valence-electron chi connectivity index (χ3n) is 3.56. The first-order chi connectivity index (χ1) is 10.8.